The monoisotopic (exact) mass is 698 g/mol. The number of likely N-dealkylation sites (tertiary alicyclic amines) is 1. The second kappa shape index (κ2) is 12.6. The quantitative estimate of drug-likeness (QED) is 0.230. The number of hydrogen-bond acceptors (Lipinski definition) is 8. The van der Waals surface area contributed by atoms with E-state index in [-0.39, 0.29) is 55.4 Å². The van der Waals surface area contributed by atoms with Gasteiger partial charge in [-0.25, -0.2) is 4.90 Å². The zero-order valence-corrected chi connectivity index (χ0v) is 28.1. The molecule has 0 radical (unpaired) electrons. The summed E-state index contributed by atoms with van der Waals surface area (Å²) in [7, 11) is 2.80. The van der Waals surface area contributed by atoms with Gasteiger partial charge < -0.3 is 19.7 Å². The third-order valence-electron chi connectivity index (χ3n) is 10.9. The van der Waals surface area contributed by atoms with Crippen LogP contribution in [0.4, 0.5) is 5.69 Å². The molecule has 258 valence electrons. The Morgan fingerprint density at radius 2 is 1.62 bits per heavy atom. The van der Waals surface area contributed by atoms with Gasteiger partial charge in [0.1, 0.15) is 0 Å². The van der Waals surface area contributed by atoms with Crippen molar-refractivity contribution in [2.45, 2.75) is 37.0 Å². The van der Waals surface area contributed by atoms with Gasteiger partial charge in [0.15, 0.2) is 11.5 Å². The molecule has 2 N–H and O–H groups in total. The zero-order chi connectivity index (χ0) is 35.5. The second-order valence-electron chi connectivity index (χ2n) is 13.2. The van der Waals surface area contributed by atoms with E-state index in [1.807, 2.05) is 36.4 Å². The maximum Gasteiger partial charge on any atom is 0.303 e. The summed E-state index contributed by atoms with van der Waals surface area (Å²) in [6.07, 6.45) is 2.18. The van der Waals surface area contributed by atoms with Crippen molar-refractivity contribution in [3.05, 3.63) is 94.5 Å². The molecule has 2 heterocycles. The van der Waals surface area contributed by atoms with Gasteiger partial charge in [-0.3, -0.25) is 28.9 Å². The number of allylic oxidation sites excluding steroid dienone is 2. The summed E-state index contributed by atoms with van der Waals surface area (Å²) < 4.78 is 11.1. The third-order valence-corrected chi connectivity index (χ3v) is 11.1. The fraction of sp³-hybridized carbons (Fsp3) is 0.342. The number of rotatable bonds is 9. The summed E-state index contributed by atoms with van der Waals surface area (Å²) in [5.41, 5.74) is 0.626. The van der Waals surface area contributed by atoms with Crippen LogP contribution in [0.25, 0.3) is 0 Å². The first kappa shape index (κ1) is 33.3. The largest absolute Gasteiger partial charge is 0.502 e. The van der Waals surface area contributed by atoms with E-state index in [1.54, 1.807) is 36.4 Å². The maximum atomic E-state index is 15.3. The van der Waals surface area contributed by atoms with Crippen molar-refractivity contribution in [2.75, 3.05) is 25.7 Å². The number of methoxy groups -OCH3 is 2. The highest BCUT2D eigenvalue weighted by Gasteiger charge is 2.70. The Balaban J connectivity index is 1.46. The summed E-state index contributed by atoms with van der Waals surface area (Å²) >= 11 is 6.37. The maximum absolute atomic E-state index is 15.3. The van der Waals surface area contributed by atoms with E-state index < -0.39 is 58.7 Å². The van der Waals surface area contributed by atoms with Crippen molar-refractivity contribution in [3.63, 3.8) is 0 Å². The number of anilines is 1. The number of aliphatic carboxylic acids is 1. The van der Waals surface area contributed by atoms with Gasteiger partial charge >= 0.3 is 5.97 Å². The average molecular weight is 699 g/mol. The van der Waals surface area contributed by atoms with Crippen LogP contribution in [0.2, 0.25) is 5.02 Å². The molecule has 4 aliphatic rings. The molecule has 6 atom stereocenters. The van der Waals surface area contributed by atoms with Gasteiger partial charge in [0.25, 0.3) is 0 Å². The van der Waals surface area contributed by atoms with Crippen LogP contribution in [-0.2, 0) is 29.4 Å². The Morgan fingerprint density at radius 3 is 2.26 bits per heavy atom. The van der Waals surface area contributed by atoms with Crippen LogP contribution in [-0.4, -0.2) is 65.5 Å². The van der Waals surface area contributed by atoms with Crippen LogP contribution in [0.15, 0.2) is 78.4 Å². The summed E-state index contributed by atoms with van der Waals surface area (Å²) in [5.74, 6) is -6.71. The normalized spacial score (nSPS) is 27.1. The van der Waals surface area contributed by atoms with Gasteiger partial charge in [0.05, 0.1) is 43.1 Å². The molecule has 2 saturated heterocycles. The number of benzene rings is 3. The zero-order valence-electron chi connectivity index (χ0n) is 27.4. The van der Waals surface area contributed by atoms with E-state index in [0.29, 0.717) is 21.8 Å². The van der Waals surface area contributed by atoms with E-state index in [4.69, 9.17) is 21.1 Å². The van der Waals surface area contributed by atoms with Crippen LogP contribution in [0.1, 0.15) is 42.7 Å². The molecule has 0 aromatic heterocycles. The number of phenolic OH excluding ortho intramolecular Hbond substituents is 1. The lowest BCUT2D eigenvalue weighted by Crippen LogP contribution is -2.53. The number of phenols is 1. The molecule has 2 aliphatic carbocycles. The van der Waals surface area contributed by atoms with Crippen molar-refractivity contribution in [1.82, 2.24) is 4.90 Å². The standard InChI is InChI=1S/C38H35ClN2O9/c1-49-28-16-20(17-29(50-2)33(28)44)32-24-13-14-25-31(36(47)40(34(25)45)15-7-12-30(42)43)26(24)19-27-35(46)41(23-11-6-10-22(39)18-23)37(48)38(27,32)21-8-4-3-5-9-21/h3-6,8-11,13,16-18,25-27,31-32,44H,7,12,14-15,19H2,1-2H3,(H,42,43). The molecule has 7 rings (SSSR count). The molecule has 3 aromatic carbocycles. The molecule has 11 nitrogen and oxygen atoms in total. The van der Waals surface area contributed by atoms with Gasteiger partial charge in [-0.15, -0.1) is 0 Å². The lowest BCUT2D eigenvalue weighted by Gasteiger charge is -2.50. The predicted octanol–water partition coefficient (Wildman–Crippen LogP) is 5.09. The number of nitrogens with zero attached hydrogens (tertiary/aromatic N) is 2. The predicted molar refractivity (Wildman–Crippen MR) is 181 cm³/mol. The number of aromatic hydroxyl groups is 1. The van der Waals surface area contributed by atoms with E-state index >= 15 is 4.79 Å². The number of amides is 4. The van der Waals surface area contributed by atoms with E-state index in [1.165, 1.54) is 19.1 Å². The van der Waals surface area contributed by atoms with E-state index in [2.05, 4.69) is 0 Å². The van der Waals surface area contributed by atoms with Crippen molar-refractivity contribution >= 4 is 46.9 Å². The van der Waals surface area contributed by atoms with Crippen molar-refractivity contribution in [1.29, 1.82) is 0 Å². The van der Waals surface area contributed by atoms with Gasteiger partial charge in [0.2, 0.25) is 29.4 Å². The average Bonchev–Trinajstić information content (AvgIpc) is 3.49. The number of carbonyl (C=O) groups excluding carboxylic acids is 4. The van der Waals surface area contributed by atoms with Gasteiger partial charge in [0, 0.05) is 23.9 Å². The highest BCUT2D eigenvalue weighted by atomic mass is 35.5. The minimum atomic E-state index is -1.52. The number of carboxylic acids is 1. The molecule has 50 heavy (non-hydrogen) atoms. The van der Waals surface area contributed by atoms with Crippen LogP contribution in [0.3, 0.4) is 0 Å². The first-order chi connectivity index (χ1) is 24.0. The summed E-state index contributed by atoms with van der Waals surface area (Å²) in [6.45, 7) is -0.0217. The molecule has 0 spiro atoms. The van der Waals surface area contributed by atoms with Gasteiger partial charge in [-0.1, -0.05) is 59.6 Å². The van der Waals surface area contributed by atoms with Crippen molar-refractivity contribution in [2.24, 2.45) is 23.7 Å². The topological polar surface area (TPSA) is 151 Å². The molecule has 3 aromatic rings. The molecule has 0 bridgehead atoms. The fourth-order valence-corrected chi connectivity index (χ4v) is 9.06. The number of fused-ring (bicyclic) bond motifs is 4. The first-order valence-corrected chi connectivity index (χ1v) is 16.8. The Bertz CT molecular complexity index is 1940. The van der Waals surface area contributed by atoms with E-state index in [0.717, 1.165) is 10.5 Å². The summed E-state index contributed by atoms with van der Waals surface area (Å²) in [5, 5.41) is 20.4. The fourth-order valence-electron chi connectivity index (χ4n) is 8.87. The number of hydrogen-bond donors (Lipinski definition) is 2. The molecular formula is C38H35ClN2O9. The molecule has 4 amide bonds. The molecule has 12 heteroatoms. The Labute approximate surface area is 293 Å². The molecule has 6 unspecified atom stereocenters. The lowest BCUT2D eigenvalue weighted by atomic mass is 9.49. The third kappa shape index (κ3) is 4.89. The lowest BCUT2D eigenvalue weighted by molar-refractivity contribution is -0.142. The second-order valence-corrected chi connectivity index (χ2v) is 13.6. The Hall–Kier alpha value is -5.16. The van der Waals surface area contributed by atoms with Crippen LogP contribution >= 0.6 is 11.6 Å². The highest BCUT2D eigenvalue weighted by molar-refractivity contribution is 6.32. The minimum Gasteiger partial charge on any atom is -0.502 e. The first-order valence-electron chi connectivity index (χ1n) is 16.5. The van der Waals surface area contributed by atoms with Crippen LogP contribution in [0.5, 0.6) is 17.2 Å². The van der Waals surface area contributed by atoms with Gasteiger partial charge in [-0.2, -0.15) is 0 Å². The van der Waals surface area contributed by atoms with Crippen molar-refractivity contribution < 1.29 is 43.7 Å². The molecule has 1 saturated carbocycles. The SMILES string of the molecule is COc1cc(C2C3=CCC4C(=O)N(CCCC(=O)O)C(=O)C4C3CC3C(=O)N(c4cccc(Cl)c4)C(=O)C32c2ccccc2)cc(OC)c1O. The number of carbonyl (C=O) groups is 5. The van der Waals surface area contributed by atoms with E-state index in [9.17, 15) is 29.4 Å². The highest BCUT2D eigenvalue weighted by Crippen LogP contribution is 2.65. The van der Waals surface area contributed by atoms with Gasteiger partial charge in [-0.05, 0) is 66.6 Å². The Kier molecular flexibility index (Phi) is 8.42. The van der Waals surface area contributed by atoms with Crippen LogP contribution < -0.4 is 14.4 Å². The summed E-state index contributed by atoms with van der Waals surface area (Å²) in [6, 6.07) is 18.9. The summed E-state index contributed by atoms with van der Waals surface area (Å²) in [4.78, 5) is 71.6. The minimum absolute atomic E-state index is 0.0217. The van der Waals surface area contributed by atoms with Crippen LogP contribution in [0, 0.1) is 23.7 Å². The smallest absolute Gasteiger partial charge is 0.303 e. The molecule has 3 fully saturated rings. The molecule has 2 aliphatic heterocycles. The number of carboxylic acid groups (broad SMARTS) is 1. The number of imide groups is 2. The molecular weight excluding hydrogens is 664 g/mol. The number of halogens is 1. The van der Waals surface area contributed by atoms with Crippen molar-refractivity contribution in [3.8, 4) is 17.2 Å². The number of ether oxygens (including phenoxy) is 2. The Morgan fingerprint density at radius 1 is 0.920 bits per heavy atom.